The maximum Gasteiger partial charge on any atom is 0.0393 e. The van der Waals surface area contributed by atoms with Crippen molar-refractivity contribution in [3.63, 3.8) is 0 Å². The molecule has 0 aliphatic carbocycles. The maximum absolute atomic E-state index is 3.32. The zero-order valence-corrected chi connectivity index (χ0v) is 9.88. The SMILES string of the molecule is Cc1ccc(N(C)CC2CNC2)c(C)c1. The van der Waals surface area contributed by atoms with E-state index in [9.17, 15) is 0 Å². The maximum atomic E-state index is 3.32. The van der Waals surface area contributed by atoms with Crippen molar-refractivity contribution in [2.45, 2.75) is 13.8 Å². The Hall–Kier alpha value is -1.02. The fourth-order valence-corrected chi connectivity index (χ4v) is 2.20. The monoisotopic (exact) mass is 204 g/mol. The van der Waals surface area contributed by atoms with E-state index in [1.54, 1.807) is 0 Å². The molecule has 1 aliphatic heterocycles. The molecule has 0 aromatic heterocycles. The van der Waals surface area contributed by atoms with Crippen LogP contribution in [-0.2, 0) is 0 Å². The molecule has 1 N–H and O–H groups in total. The molecular weight excluding hydrogens is 184 g/mol. The van der Waals surface area contributed by atoms with Gasteiger partial charge in [-0.15, -0.1) is 0 Å². The first-order valence-electron chi connectivity index (χ1n) is 5.66. The zero-order valence-electron chi connectivity index (χ0n) is 9.88. The summed E-state index contributed by atoms with van der Waals surface area (Å²) in [5.41, 5.74) is 4.09. The van der Waals surface area contributed by atoms with Gasteiger partial charge in [-0.25, -0.2) is 0 Å². The molecule has 0 saturated carbocycles. The standard InChI is InChI=1S/C13H20N2/c1-10-4-5-13(11(2)6-10)15(3)9-12-7-14-8-12/h4-6,12,14H,7-9H2,1-3H3. The lowest BCUT2D eigenvalue weighted by atomic mass is 10.0. The molecule has 2 heteroatoms. The molecule has 2 nitrogen and oxygen atoms in total. The zero-order chi connectivity index (χ0) is 10.8. The van der Waals surface area contributed by atoms with E-state index >= 15 is 0 Å². The molecule has 0 atom stereocenters. The topological polar surface area (TPSA) is 15.3 Å². The minimum absolute atomic E-state index is 0.829. The summed E-state index contributed by atoms with van der Waals surface area (Å²) in [4.78, 5) is 2.38. The smallest absolute Gasteiger partial charge is 0.0393 e. The Bertz CT molecular complexity index is 342. The van der Waals surface area contributed by atoms with Gasteiger partial charge in [0.1, 0.15) is 0 Å². The van der Waals surface area contributed by atoms with Crippen molar-refractivity contribution >= 4 is 5.69 Å². The molecule has 1 aromatic carbocycles. The Balaban J connectivity index is 2.06. The summed E-state index contributed by atoms with van der Waals surface area (Å²) < 4.78 is 0. The summed E-state index contributed by atoms with van der Waals surface area (Å²) >= 11 is 0. The number of hydrogen-bond donors (Lipinski definition) is 1. The fourth-order valence-electron chi connectivity index (χ4n) is 2.20. The molecule has 82 valence electrons. The van der Waals surface area contributed by atoms with E-state index in [1.165, 1.54) is 29.9 Å². The number of benzene rings is 1. The van der Waals surface area contributed by atoms with E-state index in [0.29, 0.717) is 0 Å². The van der Waals surface area contributed by atoms with Crippen LogP contribution in [0.25, 0.3) is 0 Å². The van der Waals surface area contributed by atoms with Gasteiger partial charge in [0.15, 0.2) is 0 Å². The normalized spacial score (nSPS) is 16.2. The highest BCUT2D eigenvalue weighted by molar-refractivity contribution is 5.53. The third-order valence-electron chi connectivity index (χ3n) is 3.16. The van der Waals surface area contributed by atoms with Crippen molar-refractivity contribution in [1.82, 2.24) is 5.32 Å². The van der Waals surface area contributed by atoms with Crippen molar-refractivity contribution < 1.29 is 0 Å². The highest BCUT2D eigenvalue weighted by Gasteiger charge is 2.19. The first kappa shape index (κ1) is 10.5. The summed E-state index contributed by atoms with van der Waals surface area (Å²) in [5.74, 6) is 0.829. The van der Waals surface area contributed by atoms with E-state index in [-0.39, 0.29) is 0 Å². The van der Waals surface area contributed by atoms with Gasteiger partial charge in [-0.2, -0.15) is 0 Å². The minimum atomic E-state index is 0.829. The summed E-state index contributed by atoms with van der Waals surface area (Å²) in [6.07, 6.45) is 0. The number of nitrogens with one attached hydrogen (secondary N) is 1. The second kappa shape index (κ2) is 4.23. The van der Waals surface area contributed by atoms with Crippen LogP contribution in [0.2, 0.25) is 0 Å². The van der Waals surface area contributed by atoms with Crippen LogP contribution in [0, 0.1) is 19.8 Å². The van der Waals surface area contributed by atoms with Crippen molar-refractivity contribution in [3.8, 4) is 0 Å². The van der Waals surface area contributed by atoms with Gasteiger partial charge in [0, 0.05) is 38.3 Å². The molecule has 0 bridgehead atoms. The van der Waals surface area contributed by atoms with Crippen LogP contribution in [0.5, 0.6) is 0 Å². The van der Waals surface area contributed by atoms with E-state index in [0.717, 1.165) is 12.5 Å². The van der Waals surface area contributed by atoms with Crippen molar-refractivity contribution in [2.75, 3.05) is 31.6 Å². The second-order valence-electron chi connectivity index (χ2n) is 4.69. The molecule has 15 heavy (non-hydrogen) atoms. The second-order valence-corrected chi connectivity index (χ2v) is 4.69. The Morgan fingerprint density at radius 3 is 2.60 bits per heavy atom. The van der Waals surface area contributed by atoms with Crippen LogP contribution in [0.4, 0.5) is 5.69 Å². The van der Waals surface area contributed by atoms with Gasteiger partial charge in [0.05, 0.1) is 0 Å². The van der Waals surface area contributed by atoms with Crippen LogP contribution < -0.4 is 10.2 Å². The molecule has 0 unspecified atom stereocenters. The Morgan fingerprint density at radius 2 is 2.07 bits per heavy atom. The van der Waals surface area contributed by atoms with E-state index in [4.69, 9.17) is 0 Å². The molecule has 1 aromatic rings. The van der Waals surface area contributed by atoms with Gasteiger partial charge >= 0.3 is 0 Å². The van der Waals surface area contributed by atoms with Crippen LogP contribution in [0.15, 0.2) is 18.2 Å². The summed E-state index contributed by atoms with van der Waals surface area (Å²) in [5, 5.41) is 3.32. The lowest BCUT2D eigenvalue weighted by molar-refractivity contribution is 0.353. The Labute approximate surface area is 92.3 Å². The van der Waals surface area contributed by atoms with E-state index in [2.05, 4.69) is 49.3 Å². The fraction of sp³-hybridized carbons (Fsp3) is 0.538. The van der Waals surface area contributed by atoms with Gasteiger partial charge in [0.25, 0.3) is 0 Å². The minimum Gasteiger partial charge on any atom is -0.374 e. The van der Waals surface area contributed by atoms with Gasteiger partial charge in [-0.05, 0) is 25.5 Å². The molecule has 0 amide bonds. The molecule has 2 rings (SSSR count). The summed E-state index contributed by atoms with van der Waals surface area (Å²) in [6.45, 7) is 7.85. The van der Waals surface area contributed by atoms with Crippen LogP contribution in [0.1, 0.15) is 11.1 Å². The van der Waals surface area contributed by atoms with Gasteiger partial charge in [-0.1, -0.05) is 17.7 Å². The van der Waals surface area contributed by atoms with Gasteiger partial charge in [0.2, 0.25) is 0 Å². The van der Waals surface area contributed by atoms with Crippen LogP contribution in [0.3, 0.4) is 0 Å². The largest absolute Gasteiger partial charge is 0.374 e. The molecule has 0 spiro atoms. The number of anilines is 1. The molecule has 0 radical (unpaired) electrons. The predicted octanol–water partition coefficient (Wildman–Crippen LogP) is 1.96. The number of aryl methyl sites for hydroxylation is 2. The van der Waals surface area contributed by atoms with Crippen LogP contribution >= 0.6 is 0 Å². The van der Waals surface area contributed by atoms with Crippen molar-refractivity contribution in [2.24, 2.45) is 5.92 Å². The van der Waals surface area contributed by atoms with Crippen LogP contribution in [-0.4, -0.2) is 26.7 Å². The predicted molar refractivity (Wildman–Crippen MR) is 65.5 cm³/mol. The highest BCUT2D eigenvalue weighted by Crippen LogP contribution is 2.21. The first-order chi connectivity index (χ1) is 7.16. The highest BCUT2D eigenvalue weighted by atomic mass is 15.1. The molecule has 1 heterocycles. The third-order valence-corrected chi connectivity index (χ3v) is 3.16. The third kappa shape index (κ3) is 2.32. The lowest BCUT2D eigenvalue weighted by Crippen LogP contribution is -2.47. The Morgan fingerprint density at radius 1 is 1.33 bits per heavy atom. The summed E-state index contributed by atoms with van der Waals surface area (Å²) in [6, 6.07) is 6.68. The van der Waals surface area contributed by atoms with E-state index < -0.39 is 0 Å². The van der Waals surface area contributed by atoms with Crippen molar-refractivity contribution in [3.05, 3.63) is 29.3 Å². The molecule has 1 saturated heterocycles. The Kier molecular flexibility index (Phi) is 2.96. The number of rotatable bonds is 3. The average molecular weight is 204 g/mol. The van der Waals surface area contributed by atoms with Crippen molar-refractivity contribution in [1.29, 1.82) is 0 Å². The first-order valence-corrected chi connectivity index (χ1v) is 5.66. The number of nitrogens with zero attached hydrogens (tertiary/aromatic N) is 1. The molecular formula is C13H20N2. The van der Waals surface area contributed by atoms with E-state index in [1.807, 2.05) is 0 Å². The molecule has 1 fully saturated rings. The van der Waals surface area contributed by atoms with Gasteiger partial charge < -0.3 is 10.2 Å². The van der Waals surface area contributed by atoms with Gasteiger partial charge in [-0.3, -0.25) is 0 Å². The lowest BCUT2D eigenvalue weighted by Gasteiger charge is -2.33. The quantitative estimate of drug-likeness (QED) is 0.809. The summed E-state index contributed by atoms with van der Waals surface area (Å²) in [7, 11) is 2.19. The molecule has 1 aliphatic rings. The number of hydrogen-bond acceptors (Lipinski definition) is 2. The average Bonchev–Trinajstić information content (AvgIpc) is 2.11.